The third-order valence-electron chi connectivity index (χ3n) is 4.73. The number of hydrogen-bond acceptors (Lipinski definition) is 4. The van der Waals surface area contributed by atoms with Gasteiger partial charge in [-0.2, -0.15) is 0 Å². The average Bonchev–Trinajstić information content (AvgIpc) is 3.16. The van der Waals surface area contributed by atoms with Crippen LogP contribution in [0.15, 0.2) is 90.6 Å². The van der Waals surface area contributed by atoms with Crippen LogP contribution < -0.4 is 5.32 Å². The number of fused-ring (bicyclic) bond motifs is 1. The molecule has 0 radical (unpaired) electrons. The molecule has 1 amide bonds. The van der Waals surface area contributed by atoms with E-state index in [4.69, 9.17) is 0 Å². The minimum Gasteiger partial charge on any atom is -0.325 e. The fourth-order valence-corrected chi connectivity index (χ4v) is 4.05. The Morgan fingerprint density at radius 2 is 1.80 bits per heavy atom. The summed E-state index contributed by atoms with van der Waals surface area (Å²) in [6.07, 6.45) is 1.81. The number of hydrogen-bond donors (Lipinski definition) is 1. The van der Waals surface area contributed by atoms with Gasteiger partial charge in [-0.15, -0.1) is 16.8 Å². The summed E-state index contributed by atoms with van der Waals surface area (Å²) in [6, 6.07) is 23.9. The van der Waals surface area contributed by atoms with Gasteiger partial charge in [-0.05, 0) is 29.8 Å². The van der Waals surface area contributed by atoms with Gasteiger partial charge in [0.25, 0.3) is 0 Å². The number of carbonyl (C=O) groups excluding carboxylic acids is 1. The van der Waals surface area contributed by atoms with E-state index >= 15 is 0 Å². The smallest absolute Gasteiger partial charge is 0.237 e. The lowest BCUT2D eigenvalue weighted by Gasteiger charge is -2.13. The Morgan fingerprint density at radius 3 is 2.57 bits per heavy atom. The van der Waals surface area contributed by atoms with E-state index in [1.54, 1.807) is 6.08 Å². The van der Waals surface area contributed by atoms with E-state index < -0.39 is 0 Å². The number of thioether (sulfide) groups is 1. The normalized spacial score (nSPS) is 11.9. The summed E-state index contributed by atoms with van der Waals surface area (Å²) in [5.41, 5.74) is 1.76. The summed E-state index contributed by atoms with van der Waals surface area (Å²) in [5.74, 6) is 0.685. The second-order valence-electron chi connectivity index (χ2n) is 6.88. The standard InChI is InChI=1S/C24H22N4OS/c1-3-15-28-22(19-10-5-4-6-11-19)26-27-24(28)30-17(2)23(29)25-21-14-13-18-9-7-8-12-20(18)16-21/h3-14,16-17H,1,15H2,2H3,(H,25,29). The molecular formula is C24H22N4OS. The molecule has 0 saturated heterocycles. The van der Waals surface area contributed by atoms with Crippen molar-refractivity contribution in [2.45, 2.75) is 23.9 Å². The number of nitrogens with one attached hydrogen (secondary N) is 1. The van der Waals surface area contributed by atoms with Crippen LogP contribution in [0.4, 0.5) is 5.69 Å². The first-order valence-corrected chi connectivity index (χ1v) is 10.6. The molecule has 0 aliphatic rings. The second kappa shape index (κ2) is 8.97. The zero-order valence-electron chi connectivity index (χ0n) is 16.7. The first-order valence-electron chi connectivity index (χ1n) is 9.71. The Balaban J connectivity index is 1.51. The molecule has 1 atom stereocenters. The molecule has 4 aromatic rings. The zero-order chi connectivity index (χ0) is 20.9. The van der Waals surface area contributed by atoms with E-state index in [9.17, 15) is 4.79 Å². The van der Waals surface area contributed by atoms with Crippen LogP contribution in [-0.4, -0.2) is 25.9 Å². The Morgan fingerprint density at radius 1 is 1.07 bits per heavy atom. The molecule has 4 rings (SSSR count). The van der Waals surface area contributed by atoms with Crippen molar-refractivity contribution in [3.05, 3.63) is 85.5 Å². The third kappa shape index (κ3) is 4.28. The highest BCUT2D eigenvalue weighted by Crippen LogP contribution is 2.28. The molecule has 3 aromatic carbocycles. The van der Waals surface area contributed by atoms with Gasteiger partial charge in [0.2, 0.25) is 5.91 Å². The summed E-state index contributed by atoms with van der Waals surface area (Å²) in [7, 11) is 0. The van der Waals surface area contributed by atoms with Crippen LogP contribution in [0.1, 0.15) is 6.92 Å². The van der Waals surface area contributed by atoms with Crippen molar-refractivity contribution in [1.82, 2.24) is 14.8 Å². The molecular weight excluding hydrogens is 392 g/mol. The number of aromatic nitrogens is 3. The molecule has 30 heavy (non-hydrogen) atoms. The molecule has 0 aliphatic carbocycles. The fourth-order valence-electron chi connectivity index (χ4n) is 3.19. The second-order valence-corrected chi connectivity index (χ2v) is 8.19. The minimum absolute atomic E-state index is 0.0790. The van der Waals surface area contributed by atoms with Gasteiger partial charge in [0, 0.05) is 17.8 Å². The van der Waals surface area contributed by atoms with Crippen molar-refractivity contribution < 1.29 is 4.79 Å². The molecule has 1 N–H and O–H groups in total. The van der Waals surface area contributed by atoms with Crippen LogP contribution in [0.5, 0.6) is 0 Å². The highest BCUT2D eigenvalue weighted by Gasteiger charge is 2.20. The lowest BCUT2D eigenvalue weighted by atomic mass is 10.1. The monoisotopic (exact) mass is 414 g/mol. The molecule has 5 nitrogen and oxygen atoms in total. The largest absolute Gasteiger partial charge is 0.325 e. The molecule has 1 aromatic heterocycles. The number of nitrogens with zero attached hydrogens (tertiary/aromatic N) is 3. The van der Waals surface area contributed by atoms with Crippen LogP contribution in [0, 0.1) is 0 Å². The summed E-state index contributed by atoms with van der Waals surface area (Å²) in [6.45, 7) is 6.28. The molecule has 0 spiro atoms. The third-order valence-corrected chi connectivity index (χ3v) is 5.81. The minimum atomic E-state index is -0.340. The summed E-state index contributed by atoms with van der Waals surface area (Å²) >= 11 is 1.39. The first-order chi connectivity index (χ1) is 14.7. The van der Waals surface area contributed by atoms with E-state index in [1.165, 1.54) is 11.8 Å². The van der Waals surface area contributed by atoms with Gasteiger partial charge in [-0.1, -0.05) is 78.5 Å². The summed E-state index contributed by atoms with van der Waals surface area (Å²) < 4.78 is 1.98. The molecule has 6 heteroatoms. The van der Waals surface area contributed by atoms with E-state index in [2.05, 4.69) is 28.2 Å². The molecule has 1 unspecified atom stereocenters. The fraction of sp³-hybridized carbons (Fsp3) is 0.125. The number of amides is 1. The topological polar surface area (TPSA) is 59.8 Å². The van der Waals surface area contributed by atoms with Gasteiger partial charge in [0.1, 0.15) is 0 Å². The van der Waals surface area contributed by atoms with Gasteiger partial charge in [-0.25, -0.2) is 0 Å². The Bertz CT molecular complexity index is 1190. The maximum Gasteiger partial charge on any atom is 0.237 e. The van der Waals surface area contributed by atoms with E-state index in [0.29, 0.717) is 11.7 Å². The highest BCUT2D eigenvalue weighted by atomic mass is 32.2. The van der Waals surface area contributed by atoms with Crippen molar-refractivity contribution >= 4 is 34.1 Å². The SMILES string of the molecule is C=CCn1c(SC(C)C(=O)Nc2ccc3ccccc3c2)nnc1-c1ccccc1. The van der Waals surface area contributed by atoms with Gasteiger partial charge >= 0.3 is 0 Å². The maximum absolute atomic E-state index is 12.8. The quantitative estimate of drug-likeness (QED) is 0.325. The predicted octanol–water partition coefficient (Wildman–Crippen LogP) is 5.40. The van der Waals surface area contributed by atoms with Crippen molar-refractivity contribution in [2.24, 2.45) is 0 Å². The van der Waals surface area contributed by atoms with Gasteiger partial charge in [-0.3, -0.25) is 9.36 Å². The van der Waals surface area contributed by atoms with Crippen molar-refractivity contribution in [2.75, 3.05) is 5.32 Å². The predicted molar refractivity (Wildman–Crippen MR) is 124 cm³/mol. The maximum atomic E-state index is 12.8. The molecule has 0 saturated carbocycles. The van der Waals surface area contributed by atoms with Crippen LogP contribution in [0.2, 0.25) is 0 Å². The van der Waals surface area contributed by atoms with Crippen LogP contribution in [0.25, 0.3) is 22.2 Å². The van der Waals surface area contributed by atoms with Crippen molar-refractivity contribution in [3.63, 3.8) is 0 Å². The van der Waals surface area contributed by atoms with Crippen molar-refractivity contribution in [1.29, 1.82) is 0 Å². The van der Waals surface area contributed by atoms with E-state index in [0.717, 1.165) is 27.8 Å². The Kier molecular flexibility index (Phi) is 5.95. The summed E-state index contributed by atoms with van der Waals surface area (Å²) in [5, 5.41) is 14.3. The lowest BCUT2D eigenvalue weighted by Crippen LogP contribution is -2.23. The van der Waals surface area contributed by atoms with Gasteiger partial charge in [0.05, 0.1) is 5.25 Å². The molecule has 0 bridgehead atoms. The van der Waals surface area contributed by atoms with Gasteiger partial charge < -0.3 is 5.32 Å². The van der Waals surface area contributed by atoms with Crippen LogP contribution in [0.3, 0.4) is 0 Å². The van der Waals surface area contributed by atoms with Crippen LogP contribution >= 0.6 is 11.8 Å². The van der Waals surface area contributed by atoms with Gasteiger partial charge in [0.15, 0.2) is 11.0 Å². The van der Waals surface area contributed by atoms with Crippen LogP contribution in [-0.2, 0) is 11.3 Å². The van der Waals surface area contributed by atoms with Crippen molar-refractivity contribution in [3.8, 4) is 11.4 Å². The molecule has 150 valence electrons. The summed E-state index contributed by atoms with van der Waals surface area (Å²) in [4.78, 5) is 12.8. The number of carbonyl (C=O) groups is 1. The van der Waals surface area contributed by atoms with E-state index in [1.807, 2.05) is 78.2 Å². The molecule has 0 aliphatic heterocycles. The molecule has 1 heterocycles. The number of rotatable bonds is 7. The zero-order valence-corrected chi connectivity index (χ0v) is 17.5. The number of anilines is 1. The lowest BCUT2D eigenvalue weighted by molar-refractivity contribution is -0.115. The average molecular weight is 415 g/mol. The Labute approximate surface area is 179 Å². The first kappa shape index (κ1) is 19.9. The van der Waals surface area contributed by atoms with E-state index in [-0.39, 0.29) is 11.2 Å². The number of allylic oxidation sites excluding steroid dienone is 1. The highest BCUT2D eigenvalue weighted by molar-refractivity contribution is 8.00. The Hall–Kier alpha value is -3.38. The number of benzene rings is 3. The molecule has 0 fully saturated rings.